The quantitative estimate of drug-likeness (QED) is 0.668. The second-order valence-corrected chi connectivity index (χ2v) is 4.86. The van der Waals surface area contributed by atoms with Gasteiger partial charge in [0.05, 0.1) is 10.9 Å². The molecule has 0 spiro atoms. The smallest absolute Gasteiger partial charge is 0.193 e. The summed E-state index contributed by atoms with van der Waals surface area (Å²) < 4.78 is 33.4. The second kappa shape index (κ2) is 5.56. The number of halogens is 2. The zero-order valence-electron chi connectivity index (χ0n) is 11.6. The van der Waals surface area contributed by atoms with Crippen molar-refractivity contribution in [2.24, 2.45) is 0 Å². The third-order valence-corrected chi connectivity index (χ3v) is 3.41. The molecule has 2 nitrogen and oxygen atoms in total. The molecule has 0 radical (unpaired) electrons. The molecular weight excluding hydrogens is 286 g/mol. The van der Waals surface area contributed by atoms with Gasteiger partial charge in [-0.1, -0.05) is 24.3 Å². The number of hydrogen-bond acceptors (Lipinski definition) is 2. The fraction of sp³-hybridized carbons (Fsp3) is 0.0556. The van der Waals surface area contributed by atoms with Crippen LogP contribution in [0.15, 0.2) is 64.3 Å². The van der Waals surface area contributed by atoms with E-state index in [0.717, 1.165) is 23.8 Å². The average molecular weight is 298 g/mol. The maximum absolute atomic E-state index is 13.9. The topological polar surface area (TPSA) is 30.2 Å². The van der Waals surface area contributed by atoms with Crippen molar-refractivity contribution < 1.29 is 13.2 Å². The largest absolute Gasteiger partial charge is 0.455 e. The molecule has 0 aliphatic rings. The summed E-state index contributed by atoms with van der Waals surface area (Å²) in [6.45, 7) is 3.65. The van der Waals surface area contributed by atoms with Crippen molar-refractivity contribution in [3.63, 3.8) is 0 Å². The number of allylic oxidation sites excluding steroid dienone is 1. The summed E-state index contributed by atoms with van der Waals surface area (Å²) in [5, 5.41) is 0.375. The van der Waals surface area contributed by atoms with E-state index in [9.17, 15) is 13.6 Å². The van der Waals surface area contributed by atoms with Crippen molar-refractivity contribution in [1.82, 2.24) is 0 Å². The van der Waals surface area contributed by atoms with Gasteiger partial charge < -0.3 is 4.42 Å². The first-order valence-electron chi connectivity index (χ1n) is 6.73. The molecule has 3 aromatic rings. The van der Waals surface area contributed by atoms with Gasteiger partial charge in [-0.25, -0.2) is 8.78 Å². The predicted octanol–water partition coefficient (Wildman–Crippen LogP) is 4.47. The highest BCUT2D eigenvalue weighted by Crippen LogP contribution is 2.28. The number of hydrogen-bond donors (Lipinski definition) is 0. The zero-order chi connectivity index (χ0) is 15.7. The number of para-hydroxylation sites is 1. The van der Waals surface area contributed by atoms with Crippen LogP contribution < -0.4 is 5.43 Å². The van der Waals surface area contributed by atoms with Crippen LogP contribution in [-0.4, -0.2) is 0 Å². The van der Waals surface area contributed by atoms with Crippen molar-refractivity contribution in [2.75, 3.05) is 0 Å². The molecule has 0 bridgehead atoms. The van der Waals surface area contributed by atoms with Gasteiger partial charge in [-0.15, -0.1) is 6.58 Å². The highest BCUT2D eigenvalue weighted by Gasteiger charge is 2.16. The summed E-state index contributed by atoms with van der Waals surface area (Å²) in [7, 11) is 0. The third kappa shape index (κ3) is 2.33. The lowest BCUT2D eigenvalue weighted by molar-refractivity contribution is 0.561. The van der Waals surface area contributed by atoms with Crippen LogP contribution in [-0.2, 0) is 6.42 Å². The van der Waals surface area contributed by atoms with Crippen LogP contribution in [0.1, 0.15) is 5.56 Å². The monoisotopic (exact) mass is 298 g/mol. The Labute approximate surface area is 125 Å². The molecule has 3 rings (SSSR count). The van der Waals surface area contributed by atoms with Crippen LogP contribution in [0.25, 0.3) is 22.3 Å². The standard InChI is InChI=1S/C18H12F2O2/c1-2-5-11-6-3-7-12-15(21)10-16(22-18(11)12)17-13(19)8-4-9-14(17)20/h2-4,6-10H,1,5H2. The molecule has 0 unspecified atom stereocenters. The lowest BCUT2D eigenvalue weighted by Crippen LogP contribution is -2.03. The summed E-state index contributed by atoms with van der Waals surface area (Å²) in [6.07, 6.45) is 2.16. The van der Waals surface area contributed by atoms with Crippen LogP contribution in [0.2, 0.25) is 0 Å². The summed E-state index contributed by atoms with van der Waals surface area (Å²) in [5.74, 6) is -1.67. The van der Waals surface area contributed by atoms with Gasteiger partial charge in [0.25, 0.3) is 0 Å². The molecule has 0 saturated carbocycles. The van der Waals surface area contributed by atoms with E-state index in [0.29, 0.717) is 17.4 Å². The molecule has 0 fully saturated rings. The Hall–Kier alpha value is -2.75. The van der Waals surface area contributed by atoms with E-state index in [2.05, 4.69) is 6.58 Å². The molecule has 0 atom stereocenters. The van der Waals surface area contributed by atoms with E-state index >= 15 is 0 Å². The SMILES string of the molecule is C=CCc1cccc2c(=O)cc(-c3c(F)cccc3F)oc12. The van der Waals surface area contributed by atoms with E-state index in [-0.39, 0.29) is 16.8 Å². The molecule has 4 heteroatoms. The first kappa shape index (κ1) is 14.2. The van der Waals surface area contributed by atoms with E-state index in [1.165, 1.54) is 6.07 Å². The minimum atomic E-state index is -0.774. The number of rotatable bonds is 3. The third-order valence-electron chi connectivity index (χ3n) is 3.41. The lowest BCUT2D eigenvalue weighted by Gasteiger charge is -2.08. The Bertz CT molecular complexity index is 906. The Balaban J connectivity index is 2.35. The molecule has 0 aliphatic carbocycles. The second-order valence-electron chi connectivity index (χ2n) is 4.86. The normalized spacial score (nSPS) is 10.8. The summed E-state index contributed by atoms with van der Waals surface area (Å²) in [6, 6.07) is 9.76. The first-order chi connectivity index (χ1) is 10.6. The highest BCUT2D eigenvalue weighted by molar-refractivity contribution is 5.81. The number of benzene rings is 2. The molecule has 0 aliphatic heterocycles. The Morgan fingerprint density at radius 1 is 1.09 bits per heavy atom. The van der Waals surface area contributed by atoms with Crippen molar-refractivity contribution in [2.45, 2.75) is 6.42 Å². The molecule has 1 heterocycles. The van der Waals surface area contributed by atoms with Gasteiger partial charge in [-0.05, 0) is 30.2 Å². The van der Waals surface area contributed by atoms with Crippen LogP contribution in [0.5, 0.6) is 0 Å². The molecule has 0 amide bonds. The Kier molecular flexibility index (Phi) is 3.59. The van der Waals surface area contributed by atoms with Crippen molar-refractivity contribution in [3.05, 3.63) is 82.5 Å². The predicted molar refractivity (Wildman–Crippen MR) is 81.7 cm³/mol. The maximum atomic E-state index is 13.9. The highest BCUT2D eigenvalue weighted by atomic mass is 19.1. The zero-order valence-corrected chi connectivity index (χ0v) is 11.6. The van der Waals surface area contributed by atoms with Crippen LogP contribution in [0.4, 0.5) is 8.78 Å². The molecule has 1 aromatic heterocycles. The van der Waals surface area contributed by atoms with E-state index in [1.54, 1.807) is 24.3 Å². The molecule has 110 valence electrons. The Morgan fingerprint density at radius 3 is 2.45 bits per heavy atom. The van der Waals surface area contributed by atoms with E-state index in [1.807, 2.05) is 0 Å². The van der Waals surface area contributed by atoms with Crippen LogP contribution >= 0.6 is 0 Å². The molecule has 22 heavy (non-hydrogen) atoms. The summed E-state index contributed by atoms with van der Waals surface area (Å²) in [5.41, 5.74) is 0.385. The minimum Gasteiger partial charge on any atom is -0.455 e. The minimum absolute atomic E-state index is 0.121. The average Bonchev–Trinajstić information content (AvgIpc) is 2.48. The molecule has 0 N–H and O–H groups in total. The van der Waals surface area contributed by atoms with Crippen molar-refractivity contribution >= 4 is 11.0 Å². The van der Waals surface area contributed by atoms with Gasteiger partial charge in [0.15, 0.2) is 5.43 Å². The van der Waals surface area contributed by atoms with Gasteiger partial charge in [0.2, 0.25) is 0 Å². The molecular formula is C18H12F2O2. The fourth-order valence-electron chi connectivity index (χ4n) is 2.41. The Morgan fingerprint density at radius 2 is 1.77 bits per heavy atom. The van der Waals surface area contributed by atoms with Gasteiger partial charge in [0.1, 0.15) is 23.0 Å². The van der Waals surface area contributed by atoms with Gasteiger partial charge in [0, 0.05) is 6.07 Å². The van der Waals surface area contributed by atoms with Crippen LogP contribution in [0, 0.1) is 11.6 Å². The molecule has 2 aromatic carbocycles. The van der Waals surface area contributed by atoms with Crippen molar-refractivity contribution in [3.8, 4) is 11.3 Å². The lowest BCUT2D eigenvalue weighted by atomic mass is 10.1. The van der Waals surface area contributed by atoms with Gasteiger partial charge in [-0.2, -0.15) is 0 Å². The van der Waals surface area contributed by atoms with Gasteiger partial charge >= 0.3 is 0 Å². The summed E-state index contributed by atoms with van der Waals surface area (Å²) in [4.78, 5) is 12.2. The maximum Gasteiger partial charge on any atom is 0.193 e. The first-order valence-corrected chi connectivity index (χ1v) is 6.73. The van der Waals surface area contributed by atoms with E-state index in [4.69, 9.17) is 4.42 Å². The molecule has 0 saturated heterocycles. The van der Waals surface area contributed by atoms with Crippen LogP contribution in [0.3, 0.4) is 0 Å². The fourth-order valence-corrected chi connectivity index (χ4v) is 2.41. The number of fused-ring (bicyclic) bond motifs is 1. The van der Waals surface area contributed by atoms with Crippen molar-refractivity contribution in [1.29, 1.82) is 0 Å². The summed E-state index contributed by atoms with van der Waals surface area (Å²) >= 11 is 0. The van der Waals surface area contributed by atoms with E-state index < -0.39 is 11.6 Å². The van der Waals surface area contributed by atoms with Gasteiger partial charge in [-0.3, -0.25) is 4.79 Å².